The Morgan fingerprint density at radius 2 is 2.56 bits per heavy atom. The normalized spacial score (nSPS) is 20.2. The van der Waals surface area contributed by atoms with Crippen molar-refractivity contribution in [1.29, 1.82) is 0 Å². The summed E-state index contributed by atoms with van der Waals surface area (Å²) in [6, 6.07) is 0.0341. The van der Waals surface area contributed by atoms with Gasteiger partial charge in [-0.05, 0) is 25.8 Å². The van der Waals surface area contributed by atoms with Crippen LogP contribution in [-0.4, -0.2) is 33.1 Å². The first-order valence-electron chi connectivity index (χ1n) is 5.94. The molecule has 1 saturated heterocycles. The highest BCUT2D eigenvalue weighted by Gasteiger charge is 2.23. The molecule has 2 rings (SSSR count). The summed E-state index contributed by atoms with van der Waals surface area (Å²) in [6.07, 6.45) is 4.99. The van der Waals surface area contributed by atoms with Gasteiger partial charge >= 0.3 is 0 Å². The van der Waals surface area contributed by atoms with Gasteiger partial charge in [-0.2, -0.15) is 5.10 Å². The largest absolute Gasteiger partial charge is 0.307 e. The van der Waals surface area contributed by atoms with Crippen molar-refractivity contribution in [2.24, 2.45) is 0 Å². The Bertz CT molecular complexity index is 355. The number of carbonyl (C=O) groups is 1. The first-order valence-corrected chi connectivity index (χ1v) is 5.94. The second kappa shape index (κ2) is 5.21. The molecule has 1 unspecified atom stereocenters. The fraction of sp³-hybridized carbons (Fsp3) is 0.727. The van der Waals surface area contributed by atoms with Crippen molar-refractivity contribution in [2.45, 2.75) is 45.2 Å². The van der Waals surface area contributed by atoms with Gasteiger partial charge in [0.15, 0.2) is 5.78 Å². The lowest BCUT2D eigenvalue weighted by atomic mass is 10.1. The molecular formula is C11H18N4O. The lowest BCUT2D eigenvalue weighted by molar-refractivity contribution is -0.120. The van der Waals surface area contributed by atoms with E-state index in [1.54, 1.807) is 0 Å². The van der Waals surface area contributed by atoms with E-state index in [2.05, 4.69) is 22.3 Å². The van der Waals surface area contributed by atoms with Crippen molar-refractivity contribution in [3.05, 3.63) is 12.2 Å². The zero-order valence-corrected chi connectivity index (χ0v) is 9.65. The molecule has 1 N–H and O–H groups in total. The molecule has 1 aliphatic heterocycles. The zero-order valence-electron chi connectivity index (χ0n) is 9.65. The van der Waals surface area contributed by atoms with Crippen molar-refractivity contribution in [3.63, 3.8) is 0 Å². The molecule has 0 radical (unpaired) electrons. The number of aromatic nitrogens is 3. The summed E-state index contributed by atoms with van der Waals surface area (Å²) in [6.45, 7) is 3.88. The third kappa shape index (κ3) is 2.47. The van der Waals surface area contributed by atoms with Crippen LogP contribution < -0.4 is 5.32 Å². The summed E-state index contributed by atoms with van der Waals surface area (Å²) in [5.74, 6) is 1.03. The zero-order chi connectivity index (χ0) is 11.4. The molecular weight excluding hydrogens is 204 g/mol. The van der Waals surface area contributed by atoms with Gasteiger partial charge in [-0.25, -0.2) is 9.67 Å². The van der Waals surface area contributed by atoms with Gasteiger partial charge in [0, 0.05) is 6.54 Å². The topological polar surface area (TPSA) is 59.8 Å². The summed E-state index contributed by atoms with van der Waals surface area (Å²) < 4.78 is 1.83. The van der Waals surface area contributed by atoms with Gasteiger partial charge < -0.3 is 5.32 Å². The SMILES string of the molecule is CCCn1ncnc1CC(=O)C1CCCN1. The Balaban J connectivity index is 1.96. The highest BCUT2D eigenvalue weighted by Crippen LogP contribution is 2.09. The predicted molar refractivity (Wildman–Crippen MR) is 60.0 cm³/mol. The Kier molecular flexibility index (Phi) is 3.66. The van der Waals surface area contributed by atoms with Gasteiger partial charge in [0.25, 0.3) is 0 Å². The molecule has 0 aromatic carbocycles. The Morgan fingerprint density at radius 3 is 3.25 bits per heavy atom. The van der Waals surface area contributed by atoms with Crippen molar-refractivity contribution < 1.29 is 4.79 Å². The molecule has 5 heteroatoms. The molecule has 1 aliphatic rings. The summed E-state index contributed by atoms with van der Waals surface area (Å²) >= 11 is 0. The number of rotatable bonds is 5. The van der Waals surface area contributed by atoms with Crippen molar-refractivity contribution in [1.82, 2.24) is 20.1 Å². The quantitative estimate of drug-likeness (QED) is 0.790. The summed E-state index contributed by atoms with van der Waals surface area (Å²) in [7, 11) is 0. The molecule has 5 nitrogen and oxygen atoms in total. The second-order valence-electron chi connectivity index (χ2n) is 4.19. The number of hydrogen-bond donors (Lipinski definition) is 1. The van der Waals surface area contributed by atoms with E-state index >= 15 is 0 Å². The molecule has 0 bridgehead atoms. The minimum atomic E-state index is 0.0341. The van der Waals surface area contributed by atoms with Gasteiger partial charge in [-0.3, -0.25) is 4.79 Å². The van der Waals surface area contributed by atoms with Crippen LogP contribution >= 0.6 is 0 Å². The molecule has 0 saturated carbocycles. The molecule has 16 heavy (non-hydrogen) atoms. The van der Waals surface area contributed by atoms with Gasteiger partial charge in [-0.1, -0.05) is 6.92 Å². The lowest BCUT2D eigenvalue weighted by Gasteiger charge is -2.09. The highest BCUT2D eigenvalue weighted by molar-refractivity contribution is 5.85. The van der Waals surface area contributed by atoms with Crippen LogP contribution in [0.25, 0.3) is 0 Å². The number of aryl methyl sites for hydroxylation is 1. The van der Waals surface area contributed by atoms with Crippen LogP contribution in [0.4, 0.5) is 0 Å². The van der Waals surface area contributed by atoms with Crippen LogP contribution in [0.1, 0.15) is 32.0 Å². The van der Waals surface area contributed by atoms with Crippen LogP contribution in [0.2, 0.25) is 0 Å². The standard InChI is InChI=1S/C11H18N4O/c1-2-6-15-11(13-8-14-15)7-10(16)9-4-3-5-12-9/h8-9,12H,2-7H2,1H3. The average molecular weight is 222 g/mol. The van der Waals surface area contributed by atoms with Gasteiger partial charge in [0.1, 0.15) is 12.2 Å². The first kappa shape index (κ1) is 11.3. The fourth-order valence-electron chi connectivity index (χ4n) is 2.06. The second-order valence-corrected chi connectivity index (χ2v) is 4.19. The predicted octanol–water partition coefficient (Wildman–Crippen LogP) is 0.552. The van der Waals surface area contributed by atoms with E-state index in [9.17, 15) is 4.79 Å². The first-order chi connectivity index (χ1) is 7.81. The van der Waals surface area contributed by atoms with E-state index in [0.717, 1.165) is 38.2 Å². The molecule has 1 atom stereocenters. The molecule has 0 aliphatic carbocycles. The van der Waals surface area contributed by atoms with Crippen LogP contribution in [0.15, 0.2) is 6.33 Å². The number of hydrogen-bond acceptors (Lipinski definition) is 4. The maximum atomic E-state index is 11.9. The van der Waals surface area contributed by atoms with Crippen LogP contribution in [-0.2, 0) is 17.8 Å². The van der Waals surface area contributed by atoms with Crippen LogP contribution in [0.5, 0.6) is 0 Å². The van der Waals surface area contributed by atoms with E-state index < -0.39 is 0 Å². The van der Waals surface area contributed by atoms with Crippen LogP contribution in [0, 0.1) is 0 Å². The minimum absolute atomic E-state index is 0.0341. The van der Waals surface area contributed by atoms with E-state index in [1.165, 1.54) is 6.33 Å². The Hall–Kier alpha value is -1.23. The van der Waals surface area contributed by atoms with Gasteiger partial charge in [0.2, 0.25) is 0 Å². The minimum Gasteiger partial charge on any atom is -0.307 e. The molecule has 1 aromatic rings. The molecule has 0 amide bonds. The maximum absolute atomic E-state index is 11.9. The van der Waals surface area contributed by atoms with E-state index in [4.69, 9.17) is 0 Å². The number of carbonyl (C=O) groups excluding carboxylic acids is 1. The summed E-state index contributed by atoms with van der Waals surface area (Å²) in [5.41, 5.74) is 0. The maximum Gasteiger partial charge on any atom is 0.157 e. The van der Waals surface area contributed by atoms with Gasteiger partial charge in [-0.15, -0.1) is 0 Å². The van der Waals surface area contributed by atoms with Gasteiger partial charge in [0.05, 0.1) is 12.5 Å². The molecule has 2 heterocycles. The third-order valence-corrected chi connectivity index (χ3v) is 2.91. The number of nitrogens with zero attached hydrogens (tertiary/aromatic N) is 3. The number of Topliss-reactive ketones (excluding diaryl/α,β-unsaturated/α-hetero) is 1. The Morgan fingerprint density at radius 1 is 1.69 bits per heavy atom. The molecule has 88 valence electrons. The highest BCUT2D eigenvalue weighted by atomic mass is 16.1. The lowest BCUT2D eigenvalue weighted by Crippen LogP contribution is -2.32. The molecule has 0 spiro atoms. The number of ketones is 1. The summed E-state index contributed by atoms with van der Waals surface area (Å²) in [4.78, 5) is 16.1. The number of nitrogens with one attached hydrogen (secondary N) is 1. The molecule has 1 aromatic heterocycles. The van der Waals surface area contributed by atoms with Crippen LogP contribution in [0.3, 0.4) is 0 Å². The summed E-state index contributed by atoms with van der Waals surface area (Å²) in [5, 5.41) is 7.33. The van der Waals surface area contributed by atoms with Crippen molar-refractivity contribution in [3.8, 4) is 0 Å². The van der Waals surface area contributed by atoms with Crippen molar-refractivity contribution in [2.75, 3.05) is 6.54 Å². The third-order valence-electron chi connectivity index (χ3n) is 2.91. The van der Waals surface area contributed by atoms with E-state index in [0.29, 0.717) is 6.42 Å². The van der Waals surface area contributed by atoms with Crippen molar-refractivity contribution >= 4 is 5.78 Å². The molecule has 1 fully saturated rings. The van der Waals surface area contributed by atoms with E-state index in [1.807, 2.05) is 4.68 Å². The fourth-order valence-corrected chi connectivity index (χ4v) is 2.06. The average Bonchev–Trinajstić information content (AvgIpc) is 2.90. The Labute approximate surface area is 95.2 Å². The monoisotopic (exact) mass is 222 g/mol. The smallest absolute Gasteiger partial charge is 0.157 e. The van der Waals surface area contributed by atoms with E-state index in [-0.39, 0.29) is 11.8 Å².